The Morgan fingerprint density at radius 3 is 2.49 bits per heavy atom. The zero-order valence-electron chi connectivity index (χ0n) is 23.2. The van der Waals surface area contributed by atoms with Gasteiger partial charge in [-0.2, -0.15) is 5.26 Å². The molecule has 2 aliphatic rings. The van der Waals surface area contributed by atoms with Gasteiger partial charge in [-0.25, -0.2) is 22.4 Å². The van der Waals surface area contributed by atoms with Crippen LogP contribution in [0.5, 0.6) is 0 Å². The van der Waals surface area contributed by atoms with Crippen molar-refractivity contribution in [1.82, 2.24) is 23.4 Å². The third kappa shape index (κ3) is 5.30. The van der Waals surface area contributed by atoms with E-state index in [1.807, 2.05) is 6.07 Å². The summed E-state index contributed by atoms with van der Waals surface area (Å²) in [5, 5.41) is 10.1. The SMILES string of the molecule is C=CCOCCc1nc2cnc3c(ccn3S(=O)(=O)c3ccccc3)c2n1C1CCC(N2CCC(C#N)CC2)CC1. The van der Waals surface area contributed by atoms with E-state index in [0.717, 1.165) is 73.9 Å². The zero-order chi connectivity index (χ0) is 28.4. The Bertz CT molecular complexity index is 1670. The molecule has 214 valence electrons. The van der Waals surface area contributed by atoms with Crippen molar-refractivity contribution in [3.63, 3.8) is 0 Å². The van der Waals surface area contributed by atoms with Crippen LogP contribution in [0.4, 0.5) is 0 Å². The lowest BCUT2D eigenvalue weighted by atomic mass is 9.87. The first-order chi connectivity index (χ1) is 20.0. The minimum absolute atomic E-state index is 0.194. The van der Waals surface area contributed by atoms with Gasteiger partial charge in [-0.05, 0) is 69.8 Å². The summed E-state index contributed by atoms with van der Waals surface area (Å²) in [4.78, 5) is 12.4. The lowest BCUT2D eigenvalue weighted by Crippen LogP contribution is -2.43. The summed E-state index contributed by atoms with van der Waals surface area (Å²) in [6.45, 7) is 6.76. The second kappa shape index (κ2) is 11.8. The van der Waals surface area contributed by atoms with Crippen molar-refractivity contribution in [2.75, 3.05) is 26.3 Å². The molecule has 2 fully saturated rings. The van der Waals surface area contributed by atoms with Crippen LogP contribution in [-0.2, 0) is 21.2 Å². The fraction of sp³-hybridized carbons (Fsp3) is 0.452. The third-order valence-electron chi connectivity index (χ3n) is 8.67. The average molecular weight is 573 g/mol. The molecule has 1 aromatic carbocycles. The number of benzene rings is 1. The van der Waals surface area contributed by atoms with Crippen LogP contribution in [-0.4, -0.2) is 64.2 Å². The van der Waals surface area contributed by atoms with Crippen LogP contribution in [0, 0.1) is 17.2 Å². The highest BCUT2D eigenvalue weighted by atomic mass is 32.2. The molecular formula is C31H36N6O3S. The highest BCUT2D eigenvalue weighted by Crippen LogP contribution is 2.38. The molecule has 1 aliphatic heterocycles. The van der Waals surface area contributed by atoms with Gasteiger partial charge in [0.15, 0.2) is 5.65 Å². The van der Waals surface area contributed by atoms with Gasteiger partial charge in [0.25, 0.3) is 10.0 Å². The second-order valence-electron chi connectivity index (χ2n) is 11.1. The Hall–Kier alpha value is -3.52. The fourth-order valence-corrected chi connectivity index (χ4v) is 7.89. The Morgan fingerprint density at radius 2 is 1.78 bits per heavy atom. The van der Waals surface area contributed by atoms with Gasteiger partial charge in [0.2, 0.25) is 0 Å². The van der Waals surface area contributed by atoms with Gasteiger partial charge in [-0.15, -0.1) is 6.58 Å². The number of likely N-dealkylation sites (tertiary alicyclic amines) is 1. The van der Waals surface area contributed by atoms with Crippen molar-refractivity contribution in [2.45, 2.75) is 61.9 Å². The van der Waals surface area contributed by atoms with Crippen LogP contribution in [0.1, 0.15) is 50.4 Å². The normalized spacial score (nSPS) is 20.9. The first kappa shape index (κ1) is 27.6. The van der Waals surface area contributed by atoms with E-state index in [-0.39, 0.29) is 16.9 Å². The number of nitriles is 1. The molecule has 1 saturated carbocycles. The number of pyridine rings is 1. The van der Waals surface area contributed by atoms with Crippen LogP contribution in [0.2, 0.25) is 0 Å². The van der Waals surface area contributed by atoms with Crippen LogP contribution < -0.4 is 0 Å². The number of imidazole rings is 1. The molecule has 41 heavy (non-hydrogen) atoms. The summed E-state index contributed by atoms with van der Waals surface area (Å²) in [6.07, 6.45) is 11.8. The maximum Gasteiger partial charge on any atom is 0.269 e. The second-order valence-corrected chi connectivity index (χ2v) is 12.9. The molecule has 3 aromatic heterocycles. The van der Waals surface area contributed by atoms with Crippen molar-refractivity contribution in [3.8, 4) is 6.07 Å². The molecule has 4 aromatic rings. The Labute approximate surface area is 241 Å². The Morgan fingerprint density at radius 1 is 1.05 bits per heavy atom. The van der Waals surface area contributed by atoms with E-state index in [1.165, 1.54) is 3.97 Å². The first-order valence-corrected chi connectivity index (χ1v) is 15.9. The van der Waals surface area contributed by atoms with Crippen LogP contribution in [0.25, 0.3) is 22.1 Å². The molecule has 4 heterocycles. The average Bonchev–Trinajstić information content (AvgIpc) is 3.62. The standard InChI is InChI=1S/C31H36N6O3S/c1-2-19-40-20-15-29-34-28-22-33-31-27(14-18-36(31)41(38,39)26-6-4-3-5-7-26)30(28)37(29)25-10-8-24(9-11-25)35-16-12-23(21-32)13-17-35/h2-7,14,18,22-25H,1,8-13,15-17,19-20H2. The van der Waals surface area contributed by atoms with Gasteiger partial charge >= 0.3 is 0 Å². The summed E-state index contributed by atoms with van der Waals surface area (Å²) in [5.41, 5.74) is 2.12. The van der Waals surface area contributed by atoms with Gasteiger partial charge in [-0.3, -0.25) is 0 Å². The highest BCUT2D eigenvalue weighted by Gasteiger charge is 2.32. The number of aromatic nitrogens is 4. The molecule has 1 aliphatic carbocycles. The third-order valence-corrected chi connectivity index (χ3v) is 10.3. The minimum Gasteiger partial charge on any atom is -0.377 e. The molecule has 9 nitrogen and oxygen atoms in total. The number of hydrogen-bond acceptors (Lipinski definition) is 7. The monoisotopic (exact) mass is 572 g/mol. The van der Waals surface area contributed by atoms with Crippen LogP contribution in [0.3, 0.4) is 0 Å². The van der Waals surface area contributed by atoms with E-state index < -0.39 is 10.0 Å². The van der Waals surface area contributed by atoms with Gasteiger partial charge in [-0.1, -0.05) is 24.3 Å². The number of piperidine rings is 1. The maximum atomic E-state index is 13.5. The summed E-state index contributed by atoms with van der Waals surface area (Å²) in [5.74, 6) is 1.13. The molecule has 10 heteroatoms. The molecule has 1 saturated heterocycles. The van der Waals surface area contributed by atoms with Gasteiger partial charge < -0.3 is 14.2 Å². The van der Waals surface area contributed by atoms with Crippen molar-refractivity contribution < 1.29 is 13.2 Å². The number of nitrogens with zero attached hydrogens (tertiary/aromatic N) is 6. The molecule has 0 atom stereocenters. The molecule has 0 N–H and O–H groups in total. The number of rotatable bonds is 9. The Balaban J connectivity index is 1.34. The first-order valence-electron chi connectivity index (χ1n) is 14.5. The molecule has 0 unspecified atom stereocenters. The summed E-state index contributed by atoms with van der Waals surface area (Å²) < 4.78 is 36.4. The topological polar surface area (TPSA) is 106 Å². The maximum absolute atomic E-state index is 13.5. The van der Waals surface area contributed by atoms with Gasteiger partial charge in [0, 0.05) is 36.0 Å². The molecule has 0 spiro atoms. The van der Waals surface area contributed by atoms with E-state index in [9.17, 15) is 13.7 Å². The lowest BCUT2D eigenvalue weighted by Gasteiger charge is -2.40. The summed E-state index contributed by atoms with van der Waals surface area (Å²) in [7, 11) is -3.80. The quantitative estimate of drug-likeness (QED) is 0.203. The molecule has 6 rings (SSSR count). The fourth-order valence-electron chi connectivity index (χ4n) is 6.57. The van der Waals surface area contributed by atoms with E-state index >= 15 is 0 Å². The molecule has 0 bridgehead atoms. The van der Waals surface area contributed by atoms with Crippen molar-refractivity contribution in [3.05, 3.63) is 67.3 Å². The predicted molar refractivity (Wildman–Crippen MR) is 158 cm³/mol. The van der Waals surface area contributed by atoms with Crippen molar-refractivity contribution >= 4 is 32.1 Å². The predicted octanol–water partition coefficient (Wildman–Crippen LogP) is 5.09. The van der Waals surface area contributed by atoms with Gasteiger partial charge in [0.1, 0.15) is 11.3 Å². The van der Waals surface area contributed by atoms with E-state index in [2.05, 4.69) is 27.1 Å². The molecular weight excluding hydrogens is 536 g/mol. The summed E-state index contributed by atoms with van der Waals surface area (Å²) >= 11 is 0. The minimum atomic E-state index is -3.80. The largest absolute Gasteiger partial charge is 0.377 e. The molecule has 0 radical (unpaired) electrons. The summed E-state index contributed by atoms with van der Waals surface area (Å²) in [6, 6.07) is 13.5. The van der Waals surface area contributed by atoms with E-state index in [4.69, 9.17) is 9.72 Å². The van der Waals surface area contributed by atoms with Crippen molar-refractivity contribution in [1.29, 1.82) is 5.26 Å². The van der Waals surface area contributed by atoms with Crippen LogP contribution >= 0.6 is 0 Å². The van der Waals surface area contributed by atoms with Gasteiger partial charge in [0.05, 0.1) is 35.9 Å². The Kier molecular flexibility index (Phi) is 7.93. The number of hydrogen-bond donors (Lipinski definition) is 0. The smallest absolute Gasteiger partial charge is 0.269 e. The highest BCUT2D eigenvalue weighted by molar-refractivity contribution is 7.90. The van der Waals surface area contributed by atoms with E-state index in [0.29, 0.717) is 31.3 Å². The number of ether oxygens (including phenoxy) is 1. The van der Waals surface area contributed by atoms with E-state index in [1.54, 1.807) is 48.8 Å². The zero-order valence-corrected chi connectivity index (χ0v) is 24.0. The van der Waals surface area contributed by atoms with Crippen molar-refractivity contribution in [2.24, 2.45) is 5.92 Å². The van der Waals surface area contributed by atoms with Crippen LogP contribution in [0.15, 0.2) is 66.3 Å². The lowest BCUT2D eigenvalue weighted by molar-refractivity contribution is 0.105. The molecule has 0 amide bonds. The number of fused-ring (bicyclic) bond motifs is 3.